The van der Waals surface area contributed by atoms with Crippen LogP contribution in [0.15, 0.2) is 28.2 Å². The fraction of sp³-hybridized carbons (Fsp3) is 0.182. The summed E-state index contributed by atoms with van der Waals surface area (Å²) in [6.45, 7) is 0. The molecule has 0 saturated carbocycles. The predicted octanol–water partition coefficient (Wildman–Crippen LogP) is 3.46. The number of aliphatic hydroxyl groups excluding tert-OH is 1. The van der Waals surface area contributed by atoms with Crippen molar-refractivity contribution in [2.75, 3.05) is 0 Å². The van der Waals surface area contributed by atoms with E-state index in [9.17, 15) is 13.9 Å². The molecule has 0 aliphatic carbocycles. The largest absolute Gasteiger partial charge is 0.386 e. The van der Waals surface area contributed by atoms with Crippen LogP contribution in [0.4, 0.5) is 8.78 Å². The van der Waals surface area contributed by atoms with Crippen LogP contribution in [0.3, 0.4) is 0 Å². The van der Waals surface area contributed by atoms with Gasteiger partial charge in [0.05, 0.1) is 4.47 Å². The molecule has 2 nitrogen and oxygen atoms in total. The van der Waals surface area contributed by atoms with Gasteiger partial charge in [-0.05, 0) is 28.1 Å². The maximum Gasteiger partial charge on any atom is 0.143 e. The maximum absolute atomic E-state index is 13.6. The molecule has 0 radical (unpaired) electrons. The zero-order chi connectivity index (χ0) is 12.4. The van der Waals surface area contributed by atoms with E-state index >= 15 is 0 Å². The van der Waals surface area contributed by atoms with Crippen LogP contribution in [0, 0.1) is 11.6 Å². The van der Waals surface area contributed by atoms with E-state index in [1.807, 2.05) is 0 Å². The molecule has 0 aliphatic rings. The van der Waals surface area contributed by atoms with E-state index in [1.165, 1.54) is 23.6 Å². The molecule has 0 saturated heterocycles. The average Bonchev–Trinajstić information content (AvgIpc) is 2.83. The topological polar surface area (TPSA) is 33.1 Å². The van der Waals surface area contributed by atoms with E-state index in [1.54, 1.807) is 5.38 Å². The fourth-order valence-electron chi connectivity index (χ4n) is 1.44. The highest BCUT2D eigenvalue weighted by Crippen LogP contribution is 2.27. The second-order valence-corrected chi connectivity index (χ2v) is 5.19. The summed E-state index contributed by atoms with van der Waals surface area (Å²) in [7, 11) is 0. The third kappa shape index (κ3) is 2.70. The Morgan fingerprint density at radius 1 is 1.41 bits per heavy atom. The van der Waals surface area contributed by atoms with Gasteiger partial charge >= 0.3 is 0 Å². The number of aliphatic hydroxyl groups is 1. The summed E-state index contributed by atoms with van der Waals surface area (Å²) in [6, 6.07) is 2.46. The minimum absolute atomic E-state index is 0.134. The Hall–Kier alpha value is -0.850. The first-order valence-corrected chi connectivity index (χ1v) is 6.46. The van der Waals surface area contributed by atoms with Crippen molar-refractivity contribution in [3.8, 4) is 0 Å². The van der Waals surface area contributed by atoms with Crippen LogP contribution < -0.4 is 0 Å². The second-order valence-electron chi connectivity index (χ2n) is 3.41. The van der Waals surface area contributed by atoms with Crippen molar-refractivity contribution < 1.29 is 13.9 Å². The highest BCUT2D eigenvalue weighted by atomic mass is 79.9. The first-order chi connectivity index (χ1) is 8.09. The minimum atomic E-state index is -0.992. The molecule has 2 rings (SSSR count). The molecule has 2 aromatic rings. The zero-order valence-electron chi connectivity index (χ0n) is 8.53. The fourth-order valence-corrected chi connectivity index (χ4v) is 2.43. The molecule has 0 fully saturated rings. The lowest BCUT2D eigenvalue weighted by atomic mass is 10.1. The third-order valence-electron chi connectivity index (χ3n) is 2.27. The number of halogens is 3. The highest BCUT2D eigenvalue weighted by Gasteiger charge is 2.18. The van der Waals surface area contributed by atoms with Gasteiger partial charge in [0.25, 0.3) is 0 Å². The highest BCUT2D eigenvalue weighted by molar-refractivity contribution is 9.10. The van der Waals surface area contributed by atoms with E-state index < -0.39 is 17.7 Å². The minimum Gasteiger partial charge on any atom is -0.386 e. The number of rotatable bonds is 3. The quantitative estimate of drug-likeness (QED) is 0.879. The van der Waals surface area contributed by atoms with Crippen LogP contribution in [0.2, 0.25) is 0 Å². The van der Waals surface area contributed by atoms with Crippen molar-refractivity contribution in [1.29, 1.82) is 0 Å². The molecular formula is C11H8BrF2NOS. The van der Waals surface area contributed by atoms with Crippen molar-refractivity contribution >= 4 is 27.3 Å². The summed E-state index contributed by atoms with van der Waals surface area (Å²) in [4.78, 5) is 3.91. The molecule has 0 spiro atoms. The number of nitrogens with zero attached hydrogens (tertiary/aromatic N) is 1. The van der Waals surface area contributed by atoms with Gasteiger partial charge in [-0.15, -0.1) is 11.3 Å². The number of thiazole rings is 1. The van der Waals surface area contributed by atoms with Gasteiger partial charge in [0.1, 0.15) is 22.7 Å². The van der Waals surface area contributed by atoms with E-state index in [2.05, 4.69) is 20.9 Å². The van der Waals surface area contributed by atoms with E-state index in [0.29, 0.717) is 5.01 Å². The van der Waals surface area contributed by atoms with Crippen LogP contribution in [-0.4, -0.2) is 10.1 Å². The summed E-state index contributed by atoms with van der Waals surface area (Å²) >= 11 is 4.23. The molecule has 6 heteroatoms. The monoisotopic (exact) mass is 319 g/mol. The number of aromatic nitrogens is 1. The first-order valence-electron chi connectivity index (χ1n) is 4.79. The normalized spacial score (nSPS) is 12.7. The summed E-state index contributed by atoms with van der Waals surface area (Å²) in [5.41, 5.74) is -0.137. The van der Waals surface area contributed by atoms with Gasteiger partial charge in [-0.2, -0.15) is 0 Å². The Kier molecular flexibility index (Phi) is 3.86. The van der Waals surface area contributed by atoms with Crippen LogP contribution in [0.1, 0.15) is 16.7 Å². The van der Waals surface area contributed by atoms with Crippen molar-refractivity contribution in [1.82, 2.24) is 4.98 Å². The van der Waals surface area contributed by atoms with Gasteiger partial charge in [-0.25, -0.2) is 13.8 Å². The molecule has 1 heterocycles. The SMILES string of the molecule is OC(Cc1c(F)ccc(Br)c1F)c1nccs1. The average molecular weight is 320 g/mol. The molecule has 1 N–H and O–H groups in total. The lowest BCUT2D eigenvalue weighted by molar-refractivity contribution is 0.175. The van der Waals surface area contributed by atoms with Gasteiger partial charge in [-0.1, -0.05) is 0 Å². The van der Waals surface area contributed by atoms with Gasteiger partial charge in [0.2, 0.25) is 0 Å². The van der Waals surface area contributed by atoms with Crippen LogP contribution in [0.25, 0.3) is 0 Å². The molecule has 1 aromatic heterocycles. The van der Waals surface area contributed by atoms with Gasteiger partial charge in [-0.3, -0.25) is 0 Å². The molecule has 17 heavy (non-hydrogen) atoms. The molecule has 0 aliphatic heterocycles. The Morgan fingerprint density at radius 3 is 2.82 bits per heavy atom. The number of benzene rings is 1. The van der Waals surface area contributed by atoms with Crippen molar-refractivity contribution in [2.45, 2.75) is 12.5 Å². The van der Waals surface area contributed by atoms with Gasteiger partial charge in [0, 0.05) is 23.6 Å². The smallest absolute Gasteiger partial charge is 0.143 e. The molecule has 1 aromatic carbocycles. The lowest BCUT2D eigenvalue weighted by Crippen LogP contribution is -2.06. The maximum atomic E-state index is 13.6. The first kappa shape index (κ1) is 12.6. The zero-order valence-corrected chi connectivity index (χ0v) is 10.9. The molecule has 0 amide bonds. The van der Waals surface area contributed by atoms with E-state index in [4.69, 9.17) is 0 Å². The third-order valence-corrected chi connectivity index (χ3v) is 3.76. The summed E-state index contributed by atoms with van der Waals surface area (Å²) in [5.74, 6) is -1.35. The van der Waals surface area contributed by atoms with Crippen molar-refractivity contribution in [2.24, 2.45) is 0 Å². The second kappa shape index (κ2) is 5.20. The summed E-state index contributed by atoms with van der Waals surface area (Å²) < 4.78 is 27.3. The van der Waals surface area contributed by atoms with Crippen LogP contribution in [-0.2, 0) is 6.42 Å². The number of hydrogen-bond acceptors (Lipinski definition) is 3. The summed E-state index contributed by atoms with van der Waals surface area (Å²) in [6.07, 6.45) is 0.412. The Morgan fingerprint density at radius 2 is 2.18 bits per heavy atom. The Labute approximate surface area is 109 Å². The Bertz CT molecular complexity index is 518. The van der Waals surface area contributed by atoms with Crippen LogP contribution >= 0.6 is 27.3 Å². The van der Waals surface area contributed by atoms with Gasteiger partial charge in [0.15, 0.2) is 0 Å². The standard InChI is InChI=1S/C11H8BrF2NOS/c12-7-1-2-8(13)6(10(7)14)5-9(16)11-15-3-4-17-11/h1-4,9,16H,5H2. The van der Waals surface area contributed by atoms with Crippen molar-refractivity contribution in [3.63, 3.8) is 0 Å². The summed E-state index contributed by atoms with van der Waals surface area (Å²) in [5, 5.41) is 12.0. The predicted molar refractivity (Wildman–Crippen MR) is 64.8 cm³/mol. The van der Waals surface area contributed by atoms with Gasteiger partial charge < -0.3 is 5.11 Å². The van der Waals surface area contributed by atoms with E-state index in [-0.39, 0.29) is 16.5 Å². The molecular weight excluding hydrogens is 312 g/mol. The molecule has 0 bridgehead atoms. The van der Waals surface area contributed by atoms with Crippen LogP contribution in [0.5, 0.6) is 0 Å². The molecule has 90 valence electrons. The molecule has 1 atom stereocenters. The number of hydrogen-bond donors (Lipinski definition) is 1. The molecule has 1 unspecified atom stereocenters. The lowest BCUT2D eigenvalue weighted by Gasteiger charge is -2.10. The Balaban J connectivity index is 2.27. The van der Waals surface area contributed by atoms with Crippen molar-refractivity contribution in [3.05, 3.63) is 50.4 Å². The van der Waals surface area contributed by atoms with E-state index in [0.717, 1.165) is 6.07 Å².